The Bertz CT molecular complexity index is 648. The minimum atomic E-state index is -1.22. The zero-order chi connectivity index (χ0) is 11.9. The lowest BCUT2D eigenvalue weighted by Crippen LogP contribution is -2.12. The molecule has 4 nitrogen and oxygen atoms in total. The highest BCUT2D eigenvalue weighted by molar-refractivity contribution is 6.38. The van der Waals surface area contributed by atoms with Gasteiger partial charge in [0.15, 0.2) is 0 Å². The topological polar surface area (TPSA) is 70.2 Å². The average Bonchev–Trinajstić information content (AvgIpc) is 2.19. The lowest BCUT2D eigenvalue weighted by molar-refractivity contribution is 0.0690. The predicted octanol–water partition coefficient (Wildman–Crippen LogP) is 2.53. The monoisotopic (exact) mass is 257 g/mol. The first kappa shape index (κ1) is 11.0. The Kier molecular flexibility index (Phi) is 2.61. The average molecular weight is 258 g/mol. The molecule has 2 rings (SSSR count). The molecular weight excluding hydrogens is 253 g/mol. The van der Waals surface area contributed by atoms with E-state index in [0.29, 0.717) is 10.4 Å². The Labute approximate surface area is 99.4 Å². The minimum Gasteiger partial charge on any atom is -0.477 e. The molecule has 0 aliphatic carbocycles. The Morgan fingerprint density at radius 1 is 1.19 bits per heavy atom. The number of carboxylic acids is 1. The van der Waals surface area contributed by atoms with Gasteiger partial charge in [-0.1, -0.05) is 23.2 Å². The van der Waals surface area contributed by atoms with Crippen molar-refractivity contribution in [1.82, 2.24) is 4.98 Å². The molecule has 0 aliphatic rings. The van der Waals surface area contributed by atoms with E-state index in [4.69, 9.17) is 28.3 Å². The van der Waals surface area contributed by atoms with Crippen molar-refractivity contribution in [3.8, 4) is 0 Å². The summed E-state index contributed by atoms with van der Waals surface area (Å²) in [5.41, 5.74) is -0.735. The molecule has 0 radical (unpaired) electrons. The van der Waals surface area contributed by atoms with Crippen LogP contribution in [-0.4, -0.2) is 16.1 Å². The predicted molar refractivity (Wildman–Crippen MR) is 61.5 cm³/mol. The summed E-state index contributed by atoms with van der Waals surface area (Å²) >= 11 is 11.6. The Hall–Kier alpha value is -1.52. The Morgan fingerprint density at radius 3 is 2.50 bits per heavy atom. The van der Waals surface area contributed by atoms with Gasteiger partial charge in [-0.05, 0) is 18.2 Å². The zero-order valence-electron chi connectivity index (χ0n) is 7.75. The van der Waals surface area contributed by atoms with E-state index in [0.717, 1.165) is 0 Å². The van der Waals surface area contributed by atoms with Crippen molar-refractivity contribution in [3.63, 3.8) is 0 Å². The van der Waals surface area contributed by atoms with Crippen LogP contribution >= 0.6 is 23.2 Å². The number of carbonyl (C=O) groups is 1. The summed E-state index contributed by atoms with van der Waals surface area (Å²) < 4.78 is 0. The molecule has 0 amide bonds. The SMILES string of the molecule is O=C(O)c1cc2c(Cl)cc(Cl)cc2c(=O)[nH]1. The first-order valence-corrected chi connectivity index (χ1v) is 5.00. The molecule has 1 aromatic heterocycles. The highest BCUT2D eigenvalue weighted by atomic mass is 35.5. The van der Waals surface area contributed by atoms with Crippen molar-refractivity contribution in [2.75, 3.05) is 0 Å². The maximum Gasteiger partial charge on any atom is 0.352 e. The fourth-order valence-electron chi connectivity index (χ4n) is 1.40. The minimum absolute atomic E-state index is 0.207. The van der Waals surface area contributed by atoms with Crippen LogP contribution in [0.25, 0.3) is 10.8 Å². The number of hydrogen-bond donors (Lipinski definition) is 2. The normalized spacial score (nSPS) is 10.6. The molecule has 16 heavy (non-hydrogen) atoms. The van der Waals surface area contributed by atoms with Crippen LogP contribution in [-0.2, 0) is 0 Å². The van der Waals surface area contributed by atoms with Crippen molar-refractivity contribution < 1.29 is 9.90 Å². The molecule has 0 fully saturated rings. The van der Waals surface area contributed by atoms with Gasteiger partial charge in [0.2, 0.25) is 0 Å². The number of aromatic carboxylic acids is 1. The molecule has 0 bridgehead atoms. The molecule has 1 aromatic carbocycles. The van der Waals surface area contributed by atoms with Gasteiger partial charge in [-0.3, -0.25) is 4.79 Å². The van der Waals surface area contributed by atoms with Crippen molar-refractivity contribution in [2.24, 2.45) is 0 Å². The summed E-state index contributed by atoms with van der Waals surface area (Å²) in [6, 6.07) is 4.20. The van der Waals surface area contributed by atoms with E-state index in [1.165, 1.54) is 18.2 Å². The number of fused-ring (bicyclic) bond motifs is 1. The maximum absolute atomic E-state index is 11.6. The van der Waals surface area contributed by atoms with Crippen molar-refractivity contribution in [2.45, 2.75) is 0 Å². The van der Waals surface area contributed by atoms with Gasteiger partial charge >= 0.3 is 5.97 Å². The molecule has 82 valence electrons. The van der Waals surface area contributed by atoms with Crippen LogP contribution in [0.5, 0.6) is 0 Å². The second kappa shape index (κ2) is 3.81. The third kappa shape index (κ3) is 1.77. The van der Waals surface area contributed by atoms with Gasteiger partial charge in [-0.2, -0.15) is 0 Å². The smallest absolute Gasteiger partial charge is 0.352 e. The molecule has 0 spiro atoms. The number of aromatic amines is 1. The van der Waals surface area contributed by atoms with E-state index < -0.39 is 11.5 Å². The van der Waals surface area contributed by atoms with Gasteiger partial charge in [-0.25, -0.2) is 4.79 Å². The summed E-state index contributed by atoms with van der Waals surface area (Å²) in [7, 11) is 0. The highest BCUT2D eigenvalue weighted by Crippen LogP contribution is 2.25. The number of rotatable bonds is 1. The third-order valence-electron chi connectivity index (χ3n) is 2.11. The molecule has 0 unspecified atom stereocenters. The number of aromatic nitrogens is 1. The molecule has 0 saturated carbocycles. The Balaban J connectivity index is 2.93. The number of hydrogen-bond acceptors (Lipinski definition) is 2. The van der Waals surface area contributed by atoms with Gasteiger partial charge in [0, 0.05) is 15.8 Å². The van der Waals surface area contributed by atoms with Crippen LogP contribution in [0.4, 0.5) is 0 Å². The van der Waals surface area contributed by atoms with Crippen LogP contribution in [0.15, 0.2) is 23.0 Å². The molecule has 0 atom stereocenters. The van der Waals surface area contributed by atoms with Crippen LogP contribution in [0.2, 0.25) is 10.0 Å². The van der Waals surface area contributed by atoms with E-state index in [-0.39, 0.29) is 16.1 Å². The van der Waals surface area contributed by atoms with Crippen molar-refractivity contribution >= 4 is 39.9 Å². The first-order valence-electron chi connectivity index (χ1n) is 4.24. The molecule has 2 N–H and O–H groups in total. The number of benzene rings is 1. The van der Waals surface area contributed by atoms with Gasteiger partial charge < -0.3 is 10.1 Å². The van der Waals surface area contributed by atoms with Gasteiger partial charge in [0.25, 0.3) is 5.56 Å². The highest BCUT2D eigenvalue weighted by Gasteiger charge is 2.10. The van der Waals surface area contributed by atoms with Crippen molar-refractivity contribution in [3.05, 3.63) is 44.3 Å². The fourth-order valence-corrected chi connectivity index (χ4v) is 1.95. The summed E-state index contributed by atoms with van der Waals surface area (Å²) in [5, 5.41) is 9.98. The molecule has 0 aliphatic heterocycles. The summed E-state index contributed by atoms with van der Waals surface area (Å²) in [5.74, 6) is -1.22. The molecular formula is C10H5Cl2NO3. The maximum atomic E-state index is 11.6. The zero-order valence-corrected chi connectivity index (χ0v) is 9.26. The van der Waals surface area contributed by atoms with E-state index in [9.17, 15) is 9.59 Å². The number of nitrogens with one attached hydrogen (secondary N) is 1. The molecule has 1 heterocycles. The summed E-state index contributed by atoms with van der Waals surface area (Å²) in [6.07, 6.45) is 0. The third-order valence-corrected chi connectivity index (χ3v) is 2.64. The van der Waals surface area contributed by atoms with E-state index in [1.807, 2.05) is 0 Å². The fraction of sp³-hybridized carbons (Fsp3) is 0. The summed E-state index contributed by atoms with van der Waals surface area (Å²) in [4.78, 5) is 24.5. The lowest BCUT2D eigenvalue weighted by Gasteiger charge is -2.02. The number of halogens is 2. The molecule has 6 heteroatoms. The Morgan fingerprint density at radius 2 is 1.88 bits per heavy atom. The largest absolute Gasteiger partial charge is 0.477 e. The van der Waals surface area contributed by atoms with Crippen LogP contribution in [0, 0.1) is 0 Å². The van der Waals surface area contributed by atoms with Gasteiger partial charge in [0.1, 0.15) is 5.69 Å². The van der Waals surface area contributed by atoms with Crippen LogP contribution < -0.4 is 5.56 Å². The first-order chi connectivity index (χ1) is 7.49. The van der Waals surface area contributed by atoms with E-state index in [2.05, 4.69) is 4.98 Å². The molecule has 0 saturated heterocycles. The van der Waals surface area contributed by atoms with E-state index >= 15 is 0 Å². The number of carboxylic acid groups (broad SMARTS) is 1. The number of pyridine rings is 1. The van der Waals surface area contributed by atoms with Crippen LogP contribution in [0.3, 0.4) is 0 Å². The van der Waals surface area contributed by atoms with Gasteiger partial charge in [0.05, 0.1) is 5.02 Å². The number of H-pyrrole nitrogens is 1. The summed E-state index contributed by atoms with van der Waals surface area (Å²) in [6.45, 7) is 0. The molecule has 2 aromatic rings. The van der Waals surface area contributed by atoms with Gasteiger partial charge in [-0.15, -0.1) is 0 Å². The lowest BCUT2D eigenvalue weighted by atomic mass is 10.1. The second-order valence-electron chi connectivity index (χ2n) is 3.17. The second-order valence-corrected chi connectivity index (χ2v) is 4.01. The van der Waals surface area contributed by atoms with Crippen LogP contribution in [0.1, 0.15) is 10.5 Å². The standard InChI is InChI=1S/C10H5Cl2NO3/c11-4-1-6-5(7(12)2-4)3-8(10(15)16)13-9(6)14/h1-3H,(H,13,14)(H,15,16). The quantitative estimate of drug-likeness (QED) is 0.825. The van der Waals surface area contributed by atoms with Crippen molar-refractivity contribution in [1.29, 1.82) is 0 Å². The van der Waals surface area contributed by atoms with E-state index in [1.54, 1.807) is 0 Å².